The molecule has 0 atom stereocenters. The highest BCUT2D eigenvalue weighted by Crippen LogP contribution is 2.45. The summed E-state index contributed by atoms with van der Waals surface area (Å²) in [7, 11) is -2.81. The number of benzene rings is 2. The van der Waals surface area contributed by atoms with Crippen LogP contribution in [0.4, 0.5) is 29.3 Å². The number of methoxy groups -OCH3 is 1. The van der Waals surface area contributed by atoms with Gasteiger partial charge in [-0.3, -0.25) is 14.8 Å². The standard InChI is InChI=1S/C23H20F3N3O4S/c1-33-20-8-7-19-18(21(20)23(24,25)26)11-14-28(19)22(30)29(16-5-3-2-4-6-16)15-34(31,32)17-9-12-27-13-10-17/h2-10,12-13H,11,14-15H2,1H3. The van der Waals surface area contributed by atoms with E-state index in [4.69, 9.17) is 4.74 Å². The van der Waals surface area contributed by atoms with E-state index in [0.717, 1.165) is 18.1 Å². The summed E-state index contributed by atoms with van der Waals surface area (Å²) in [4.78, 5) is 19.6. The Balaban J connectivity index is 1.75. The number of pyridine rings is 1. The summed E-state index contributed by atoms with van der Waals surface area (Å²) in [5.41, 5.74) is -0.632. The minimum Gasteiger partial charge on any atom is -0.496 e. The van der Waals surface area contributed by atoms with Crippen LogP contribution in [-0.4, -0.2) is 39.0 Å². The SMILES string of the molecule is COc1ccc2c(c1C(F)(F)F)CCN2C(=O)N(CS(=O)(=O)c1ccncc1)c1ccccc1. The number of para-hydroxylation sites is 1. The molecule has 0 saturated carbocycles. The molecule has 178 valence electrons. The van der Waals surface area contributed by atoms with E-state index in [9.17, 15) is 26.4 Å². The number of rotatable bonds is 5. The molecule has 1 aliphatic heterocycles. The van der Waals surface area contributed by atoms with Crippen LogP contribution in [-0.2, 0) is 22.4 Å². The molecule has 34 heavy (non-hydrogen) atoms. The number of carbonyl (C=O) groups excluding carboxylic acids is 1. The summed E-state index contributed by atoms with van der Waals surface area (Å²) < 4.78 is 72.3. The highest BCUT2D eigenvalue weighted by atomic mass is 32.2. The molecule has 0 unspecified atom stereocenters. The van der Waals surface area contributed by atoms with Crippen LogP contribution in [0, 0.1) is 0 Å². The molecule has 0 aliphatic carbocycles. The van der Waals surface area contributed by atoms with Gasteiger partial charge in [-0.05, 0) is 48.4 Å². The number of urea groups is 1. The maximum atomic E-state index is 13.8. The van der Waals surface area contributed by atoms with Crippen LogP contribution < -0.4 is 14.5 Å². The molecule has 0 radical (unpaired) electrons. The molecule has 0 bridgehead atoms. The van der Waals surface area contributed by atoms with E-state index >= 15 is 0 Å². The number of alkyl halides is 3. The molecule has 11 heteroatoms. The fourth-order valence-electron chi connectivity index (χ4n) is 3.93. The molecule has 1 aromatic heterocycles. The van der Waals surface area contributed by atoms with Gasteiger partial charge in [0.05, 0.1) is 12.0 Å². The molecule has 0 fully saturated rings. The van der Waals surface area contributed by atoms with Crippen molar-refractivity contribution in [1.29, 1.82) is 0 Å². The molecule has 2 aromatic carbocycles. The first-order valence-electron chi connectivity index (χ1n) is 10.2. The first-order chi connectivity index (χ1) is 16.1. The van der Waals surface area contributed by atoms with E-state index in [0.29, 0.717) is 5.69 Å². The summed E-state index contributed by atoms with van der Waals surface area (Å²) in [5.74, 6) is -1.03. The third-order valence-corrected chi connectivity index (χ3v) is 7.06. The van der Waals surface area contributed by atoms with Gasteiger partial charge in [-0.15, -0.1) is 0 Å². The molecule has 1 aliphatic rings. The molecule has 4 rings (SSSR count). The van der Waals surface area contributed by atoms with Gasteiger partial charge in [0.1, 0.15) is 17.2 Å². The van der Waals surface area contributed by atoms with Gasteiger partial charge in [-0.1, -0.05) is 18.2 Å². The van der Waals surface area contributed by atoms with Crippen molar-refractivity contribution in [3.05, 3.63) is 78.1 Å². The van der Waals surface area contributed by atoms with Gasteiger partial charge in [0.15, 0.2) is 9.84 Å². The minimum atomic E-state index is -4.68. The lowest BCUT2D eigenvalue weighted by atomic mass is 10.0. The summed E-state index contributed by atoms with van der Waals surface area (Å²) in [6, 6.07) is 12.5. The van der Waals surface area contributed by atoms with Gasteiger partial charge >= 0.3 is 12.2 Å². The predicted molar refractivity (Wildman–Crippen MR) is 120 cm³/mol. The summed E-state index contributed by atoms with van der Waals surface area (Å²) >= 11 is 0. The van der Waals surface area contributed by atoms with Crippen molar-refractivity contribution >= 4 is 27.2 Å². The molecule has 2 heterocycles. The number of nitrogens with zero attached hydrogens (tertiary/aromatic N) is 3. The summed E-state index contributed by atoms with van der Waals surface area (Å²) in [6.07, 6.45) is -2.08. The smallest absolute Gasteiger partial charge is 0.420 e. The molecule has 3 aromatic rings. The number of halogens is 3. The van der Waals surface area contributed by atoms with Gasteiger partial charge in [0.25, 0.3) is 0 Å². The maximum Gasteiger partial charge on any atom is 0.420 e. The van der Waals surface area contributed by atoms with Crippen LogP contribution in [0.2, 0.25) is 0 Å². The zero-order chi connectivity index (χ0) is 24.5. The normalized spacial score (nSPS) is 13.5. The Morgan fingerprint density at radius 2 is 1.76 bits per heavy atom. The zero-order valence-corrected chi connectivity index (χ0v) is 18.8. The quantitative estimate of drug-likeness (QED) is 0.524. The Bertz CT molecular complexity index is 1300. The average Bonchev–Trinajstić information content (AvgIpc) is 3.26. The second kappa shape index (κ2) is 8.98. The second-order valence-electron chi connectivity index (χ2n) is 7.51. The third-order valence-electron chi connectivity index (χ3n) is 5.47. The van der Waals surface area contributed by atoms with E-state index in [1.807, 2.05) is 0 Å². The van der Waals surface area contributed by atoms with Crippen molar-refractivity contribution in [2.24, 2.45) is 0 Å². The lowest BCUT2D eigenvalue weighted by Crippen LogP contribution is -2.45. The van der Waals surface area contributed by atoms with Crippen molar-refractivity contribution in [2.45, 2.75) is 17.5 Å². The Morgan fingerprint density at radius 3 is 2.38 bits per heavy atom. The molecule has 7 nitrogen and oxygen atoms in total. The summed E-state index contributed by atoms with van der Waals surface area (Å²) in [6.45, 7) is -0.0386. The number of ether oxygens (including phenoxy) is 1. The maximum absolute atomic E-state index is 13.8. The highest BCUT2D eigenvalue weighted by Gasteiger charge is 2.42. The van der Waals surface area contributed by atoms with Crippen LogP contribution in [0.1, 0.15) is 11.1 Å². The van der Waals surface area contributed by atoms with E-state index in [2.05, 4.69) is 4.98 Å². The zero-order valence-electron chi connectivity index (χ0n) is 18.0. The molecule has 0 saturated heterocycles. The van der Waals surface area contributed by atoms with Crippen LogP contribution in [0.5, 0.6) is 5.75 Å². The number of fused-ring (bicyclic) bond motifs is 1. The molecule has 0 spiro atoms. The number of amides is 2. The second-order valence-corrected chi connectivity index (χ2v) is 9.47. The molecule has 0 N–H and O–H groups in total. The number of anilines is 2. The highest BCUT2D eigenvalue weighted by molar-refractivity contribution is 7.91. The number of carbonyl (C=O) groups is 1. The minimum absolute atomic E-state index is 0.0258. The van der Waals surface area contributed by atoms with Gasteiger partial charge in [-0.25, -0.2) is 13.2 Å². The average molecular weight is 491 g/mol. The third kappa shape index (κ3) is 4.43. The van der Waals surface area contributed by atoms with Crippen molar-refractivity contribution in [1.82, 2.24) is 4.98 Å². The van der Waals surface area contributed by atoms with Gasteiger partial charge in [0, 0.05) is 30.3 Å². The van der Waals surface area contributed by atoms with E-state index in [-0.39, 0.29) is 34.9 Å². The Hall–Kier alpha value is -3.60. The van der Waals surface area contributed by atoms with Crippen molar-refractivity contribution < 1.29 is 31.1 Å². The first-order valence-corrected chi connectivity index (χ1v) is 11.8. The molecular weight excluding hydrogens is 471 g/mol. The fourth-order valence-corrected chi connectivity index (χ4v) is 5.21. The van der Waals surface area contributed by atoms with Gasteiger partial charge in [-0.2, -0.15) is 13.2 Å². The van der Waals surface area contributed by atoms with Gasteiger partial charge < -0.3 is 4.74 Å². The lowest BCUT2D eigenvalue weighted by molar-refractivity contribution is -0.139. The van der Waals surface area contributed by atoms with Crippen molar-refractivity contribution in [3.63, 3.8) is 0 Å². The number of hydrogen-bond acceptors (Lipinski definition) is 5. The predicted octanol–water partition coefficient (Wildman–Crippen LogP) is 4.53. The van der Waals surface area contributed by atoms with Crippen LogP contribution in [0.25, 0.3) is 0 Å². The Morgan fingerprint density at radius 1 is 1.09 bits per heavy atom. The topological polar surface area (TPSA) is 79.8 Å². The van der Waals surface area contributed by atoms with Crippen molar-refractivity contribution in [2.75, 3.05) is 29.3 Å². The first kappa shape index (κ1) is 23.6. The fraction of sp³-hybridized carbons (Fsp3) is 0.217. The largest absolute Gasteiger partial charge is 0.496 e. The van der Waals surface area contributed by atoms with Crippen LogP contribution in [0.3, 0.4) is 0 Å². The number of aromatic nitrogens is 1. The van der Waals surface area contributed by atoms with Crippen LogP contribution >= 0.6 is 0 Å². The monoisotopic (exact) mass is 491 g/mol. The van der Waals surface area contributed by atoms with Crippen molar-refractivity contribution in [3.8, 4) is 5.75 Å². The van der Waals surface area contributed by atoms with E-state index in [1.54, 1.807) is 30.3 Å². The Kier molecular flexibility index (Phi) is 6.22. The number of hydrogen-bond donors (Lipinski definition) is 0. The molecule has 2 amide bonds. The van der Waals surface area contributed by atoms with E-state index < -0.39 is 33.5 Å². The molecular formula is C23H20F3N3O4S. The summed E-state index contributed by atoms with van der Waals surface area (Å²) in [5, 5.41) is 0. The van der Waals surface area contributed by atoms with Gasteiger partial charge in [0.2, 0.25) is 0 Å². The Labute approximate surface area is 194 Å². The van der Waals surface area contributed by atoms with Crippen LogP contribution in [0.15, 0.2) is 71.9 Å². The lowest BCUT2D eigenvalue weighted by Gasteiger charge is -2.28. The number of sulfone groups is 1. The van der Waals surface area contributed by atoms with E-state index in [1.165, 1.54) is 35.5 Å².